The molecule has 6 nitrogen and oxygen atoms in total. The maximum atomic E-state index is 13.2. The third kappa shape index (κ3) is 6.78. The van der Waals surface area contributed by atoms with Gasteiger partial charge in [0, 0.05) is 18.2 Å². The predicted octanol–water partition coefficient (Wildman–Crippen LogP) is 4.56. The predicted molar refractivity (Wildman–Crippen MR) is 113 cm³/mol. The Kier molecular flexibility index (Phi) is 7.19. The molecule has 2 N–H and O–H groups in total. The first-order chi connectivity index (χ1) is 14.8. The van der Waals surface area contributed by atoms with E-state index in [1.165, 1.54) is 60.7 Å². The standard InChI is InChI=1S/C22H20F2N2O4S/c23-16-4-1-6-19(14-16)26-31(28,29)21-11-9-18(10-12-21)25-22(27)8-3-13-30-20-7-2-5-17(24)15-20/h1-2,4-7,9-12,14-15,26H,3,8,13H2,(H,25,27). The van der Waals surface area contributed by atoms with Gasteiger partial charge in [0.15, 0.2) is 0 Å². The fourth-order valence-electron chi connectivity index (χ4n) is 2.69. The number of carbonyl (C=O) groups excluding carboxylic acids is 1. The number of hydrogen-bond donors (Lipinski definition) is 2. The van der Waals surface area contributed by atoms with Crippen LogP contribution in [0.2, 0.25) is 0 Å². The molecule has 3 aromatic carbocycles. The Labute approximate surface area is 178 Å². The molecule has 0 saturated heterocycles. The Morgan fingerprint density at radius 3 is 2.23 bits per heavy atom. The Balaban J connectivity index is 1.48. The summed E-state index contributed by atoms with van der Waals surface area (Å²) < 4.78 is 58.8. The van der Waals surface area contributed by atoms with Gasteiger partial charge in [-0.3, -0.25) is 9.52 Å². The Morgan fingerprint density at radius 1 is 0.871 bits per heavy atom. The number of nitrogens with one attached hydrogen (secondary N) is 2. The lowest BCUT2D eigenvalue weighted by Gasteiger charge is -2.10. The monoisotopic (exact) mass is 446 g/mol. The maximum Gasteiger partial charge on any atom is 0.261 e. The van der Waals surface area contributed by atoms with Crippen LogP contribution in [-0.4, -0.2) is 20.9 Å². The molecule has 162 valence electrons. The SMILES string of the molecule is O=C(CCCOc1cccc(F)c1)Nc1ccc(S(=O)(=O)Nc2cccc(F)c2)cc1. The number of anilines is 2. The highest BCUT2D eigenvalue weighted by atomic mass is 32.2. The van der Waals surface area contributed by atoms with Crippen molar-refractivity contribution in [1.82, 2.24) is 0 Å². The van der Waals surface area contributed by atoms with Crippen LogP contribution in [0.3, 0.4) is 0 Å². The molecule has 3 aromatic rings. The lowest BCUT2D eigenvalue weighted by atomic mass is 10.2. The van der Waals surface area contributed by atoms with Crippen molar-refractivity contribution < 1.29 is 26.7 Å². The van der Waals surface area contributed by atoms with Crippen LogP contribution < -0.4 is 14.8 Å². The molecule has 0 saturated carbocycles. The van der Waals surface area contributed by atoms with Gasteiger partial charge in [-0.05, 0) is 61.0 Å². The van der Waals surface area contributed by atoms with Gasteiger partial charge in [0.1, 0.15) is 17.4 Å². The molecule has 0 unspecified atom stereocenters. The third-order valence-electron chi connectivity index (χ3n) is 4.14. The van der Waals surface area contributed by atoms with E-state index in [1.54, 1.807) is 6.07 Å². The van der Waals surface area contributed by atoms with Gasteiger partial charge in [-0.1, -0.05) is 12.1 Å². The summed E-state index contributed by atoms with van der Waals surface area (Å²) in [5.74, 6) is -0.827. The summed E-state index contributed by atoms with van der Waals surface area (Å²) in [5.41, 5.74) is 0.540. The topological polar surface area (TPSA) is 84.5 Å². The number of ether oxygens (including phenoxy) is 1. The van der Waals surface area contributed by atoms with Crippen molar-refractivity contribution in [2.75, 3.05) is 16.6 Å². The molecule has 0 spiro atoms. The second-order valence-electron chi connectivity index (χ2n) is 6.60. The van der Waals surface area contributed by atoms with Crippen LogP contribution in [0.4, 0.5) is 20.2 Å². The van der Waals surface area contributed by atoms with Gasteiger partial charge in [0.2, 0.25) is 5.91 Å². The van der Waals surface area contributed by atoms with E-state index in [0.29, 0.717) is 17.9 Å². The van der Waals surface area contributed by atoms with Crippen LogP contribution >= 0.6 is 0 Å². The summed E-state index contributed by atoms with van der Waals surface area (Å²) in [6, 6.07) is 16.5. The van der Waals surface area contributed by atoms with Gasteiger partial charge in [-0.25, -0.2) is 17.2 Å². The van der Waals surface area contributed by atoms with Crippen molar-refractivity contribution in [2.24, 2.45) is 0 Å². The number of halogens is 2. The van der Waals surface area contributed by atoms with Crippen molar-refractivity contribution in [3.63, 3.8) is 0 Å². The summed E-state index contributed by atoms with van der Waals surface area (Å²) in [7, 11) is -3.89. The lowest BCUT2D eigenvalue weighted by molar-refractivity contribution is -0.116. The van der Waals surface area contributed by atoms with Crippen LogP contribution in [0.25, 0.3) is 0 Å². The smallest absolute Gasteiger partial charge is 0.261 e. The second kappa shape index (κ2) is 10.0. The molecule has 9 heteroatoms. The zero-order valence-corrected chi connectivity index (χ0v) is 17.2. The molecule has 0 aliphatic carbocycles. The molecule has 0 fully saturated rings. The van der Waals surface area contributed by atoms with Crippen LogP contribution in [0.5, 0.6) is 5.75 Å². The Bertz CT molecular complexity index is 1150. The van der Waals surface area contributed by atoms with Crippen LogP contribution in [-0.2, 0) is 14.8 Å². The van der Waals surface area contributed by atoms with E-state index in [4.69, 9.17) is 4.74 Å². The highest BCUT2D eigenvalue weighted by Gasteiger charge is 2.14. The summed E-state index contributed by atoms with van der Waals surface area (Å²) in [6.45, 7) is 0.250. The minimum absolute atomic E-state index is 0.0294. The highest BCUT2D eigenvalue weighted by molar-refractivity contribution is 7.92. The quantitative estimate of drug-likeness (QED) is 0.472. The first-order valence-corrected chi connectivity index (χ1v) is 10.9. The molecule has 0 heterocycles. The van der Waals surface area contributed by atoms with E-state index >= 15 is 0 Å². The molecule has 0 atom stereocenters. The molecule has 3 rings (SSSR count). The van der Waals surface area contributed by atoms with Gasteiger partial charge in [-0.2, -0.15) is 0 Å². The summed E-state index contributed by atoms with van der Waals surface area (Å²) in [5, 5.41) is 2.67. The van der Waals surface area contributed by atoms with Crippen LogP contribution in [0.1, 0.15) is 12.8 Å². The van der Waals surface area contributed by atoms with E-state index in [2.05, 4.69) is 10.0 Å². The fraction of sp³-hybridized carbons (Fsp3) is 0.136. The summed E-state index contributed by atoms with van der Waals surface area (Å²) in [6.07, 6.45) is 0.600. The van der Waals surface area contributed by atoms with Crippen molar-refractivity contribution in [3.05, 3.63) is 84.4 Å². The average molecular weight is 446 g/mol. The first-order valence-electron chi connectivity index (χ1n) is 9.38. The van der Waals surface area contributed by atoms with Gasteiger partial charge in [0.05, 0.1) is 17.2 Å². The number of rotatable bonds is 9. The summed E-state index contributed by atoms with van der Waals surface area (Å²) in [4.78, 5) is 12.0. The summed E-state index contributed by atoms with van der Waals surface area (Å²) >= 11 is 0. The molecule has 0 aliphatic rings. The average Bonchev–Trinajstić information content (AvgIpc) is 2.71. The third-order valence-corrected chi connectivity index (χ3v) is 5.54. The number of benzene rings is 3. The lowest BCUT2D eigenvalue weighted by Crippen LogP contribution is -2.14. The van der Waals surface area contributed by atoms with E-state index in [1.807, 2.05) is 0 Å². The fourth-order valence-corrected chi connectivity index (χ4v) is 3.74. The van der Waals surface area contributed by atoms with Crippen LogP contribution in [0.15, 0.2) is 77.7 Å². The first kappa shape index (κ1) is 22.2. The molecular formula is C22H20F2N2O4S. The van der Waals surface area contributed by atoms with Crippen molar-refractivity contribution in [1.29, 1.82) is 0 Å². The van der Waals surface area contributed by atoms with Crippen molar-refractivity contribution >= 4 is 27.3 Å². The van der Waals surface area contributed by atoms with E-state index < -0.39 is 21.7 Å². The van der Waals surface area contributed by atoms with E-state index in [-0.39, 0.29) is 29.5 Å². The zero-order chi connectivity index (χ0) is 22.3. The van der Waals surface area contributed by atoms with Gasteiger partial charge in [-0.15, -0.1) is 0 Å². The number of carbonyl (C=O) groups is 1. The Morgan fingerprint density at radius 2 is 1.55 bits per heavy atom. The normalized spacial score (nSPS) is 11.0. The van der Waals surface area contributed by atoms with Gasteiger partial charge < -0.3 is 10.1 Å². The molecule has 0 radical (unpaired) electrons. The van der Waals surface area contributed by atoms with E-state index in [9.17, 15) is 22.0 Å². The highest BCUT2D eigenvalue weighted by Crippen LogP contribution is 2.19. The molecular weight excluding hydrogens is 426 g/mol. The maximum absolute atomic E-state index is 13.2. The number of hydrogen-bond acceptors (Lipinski definition) is 4. The van der Waals surface area contributed by atoms with E-state index in [0.717, 1.165) is 6.07 Å². The van der Waals surface area contributed by atoms with Gasteiger partial charge in [0.25, 0.3) is 10.0 Å². The second-order valence-corrected chi connectivity index (χ2v) is 8.28. The molecule has 0 aromatic heterocycles. The minimum atomic E-state index is -3.89. The largest absolute Gasteiger partial charge is 0.493 e. The van der Waals surface area contributed by atoms with Crippen LogP contribution in [0, 0.1) is 11.6 Å². The molecule has 0 bridgehead atoms. The molecule has 1 amide bonds. The van der Waals surface area contributed by atoms with Crippen molar-refractivity contribution in [3.8, 4) is 5.75 Å². The minimum Gasteiger partial charge on any atom is -0.493 e. The Hall–Kier alpha value is -3.46. The zero-order valence-electron chi connectivity index (χ0n) is 16.3. The molecule has 31 heavy (non-hydrogen) atoms. The number of sulfonamides is 1. The van der Waals surface area contributed by atoms with Crippen molar-refractivity contribution in [2.45, 2.75) is 17.7 Å². The van der Waals surface area contributed by atoms with Gasteiger partial charge >= 0.3 is 0 Å². The number of amides is 1. The molecule has 0 aliphatic heterocycles.